The molecule has 0 aliphatic heterocycles. The summed E-state index contributed by atoms with van der Waals surface area (Å²) in [5, 5.41) is 2.41. The minimum Gasteiger partial charge on any atom is -0.494 e. The van der Waals surface area contributed by atoms with Crippen LogP contribution in [0.4, 0.5) is 22.0 Å². The number of alkyl halides is 3. The molecule has 3 aromatic rings. The molecule has 1 atom stereocenters. The highest BCUT2D eigenvalue weighted by Gasteiger charge is 2.41. The van der Waals surface area contributed by atoms with Crippen molar-refractivity contribution in [2.75, 3.05) is 14.2 Å². The van der Waals surface area contributed by atoms with Gasteiger partial charge >= 0.3 is 18.1 Å². The van der Waals surface area contributed by atoms with Crippen LogP contribution in [-0.2, 0) is 32.5 Å². The van der Waals surface area contributed by atoms with E-state index in [1.807, 2.05) is 0 Å². The summed E-state index contributed by atoms with van der Waals surface area (Å²) in [4.78, 5) is 24.7. The molecule has 0 fully saturated rings. The van der Waals surface area contributed by atoms with E-state index < -0.39 is 40.8 Å². The lowest BCUT2D eigenvalue weighted by molar-refractivity contribution is -0.153. The average molecular weight is 493 g/mol. The number of methoxy groups -OCH3 is 2. The maximum atomic E-state index is 14.5. The van der Waals surface area contributed by atoms with Crippen molar-refractivity contribution in [1.82, 2.24) is 5.32 Å². The molecule has 3 rings (SSSR count). The number of halogens is 5. The smallest absolute Gasteiger partial charge is 0.416 e. The normalized spacial score (nSPS) is 13.0. The largest absolute Gasteiger partial charge is 0.494 e. The second-order valence-corrected chi connectivity index (χ2v) is 7.59. The van der Waals surface area contributed by atoms with Crippen molar-refractivity contribution in [1.29, 1.82) is 0 Å². The van der Waals surface area contributed by atoms with Crippen LogP contribution in [0.25, 0.3) is 0 Å². The predicted molar refractivity (Wildman–Crippen MR) is 115 cm³/mol. The van der Waals surface area contributed by atoms with Crippen molar-refractivity contribution in [3.05, 3.63) is 101 Å². The first-order chi connectivity index (χ1) is 16.5. The Bertz CT molecular complexity index is 1230. The minimum absolute atomic E-state index is 0.0376. The number of nitrogens with one attached hydrogen (secondary N) is 1. The van der Waals surface area contributed by atoms with Gasteiger partial charge in [-0.2, -0.15) is 13.2 Å². The molecule has 3 aromatic carbocycles. The molecular weight excluding hydrogens is 473 g/mol. The summed E-state index contributed by atoms with van der Waals surface area (Å²) >= 11 is 0. The predicted octanol–water partition coefficient (Wildman–Crippen LogP) is 4.77. The Hall–Kier alpha value is -3.95. The molecule has 0 heterocycles. The van der Waals surface area contributed by atoms with Crippen LogP contribution < -0.4 is 10.1 Å². The second kappa shape index (κ2) is 10.1. The number of benzene rings is 3. The molecule has 10 heteroatoms. The van der Waals surface area contributed by atoms with Gasteiger partial charge in [-0.1, -0.05) is 36.4 Å². The van der Waals surface area contributed by atoms with Gasteiger partial charge in [-0.05, 0) is 47.0 Å². The molecule has 0 saturated heterocycles. The van der Waals surface area contributed by atoms with Gasteiger partial charge in [-0.15, -0.1) is 0 Å². The van der Waals surface area contributed by atoms with Crippen LogP contribution in [0.15, 0.2) is 66.7 Å². The molecule has 0 saturated carbocycles. The van der Waals surface area contributed by atoms with E-state index in [1.54, 1.807) is 30.3 Å². The molecule has 0 radical (unpaired) electrons. The molecule has 0 aromatic heterocycles. The highest BCUT2D eigenvalue weighted by molar-refractivity contribution is 6.32. The van der Waals surface area contributed by atoms with Gasteiger partial charge in [-0.3, -0.25) is 4.79 Å². The Morgan fingerprint density at radius 1 is 0.857 bits per heavy atom. The molecule has 0 aliphatic carbocycles. The molecule has 0 unspecified atom stereocenters. The third kappa shape index (κ3) is 5.59. The number of ether oxygens (including phenoxy) is 2. The van der Waals surface area contributed by atoms with Crippen molar-refractivity contribution in [2.45, 2.75) is 18.1 Å². The van der Waals surface area contributed by atoms with Crippen LogP contribution in [0.1, 0.15) is 22.3 Å². The van der Waals surface area contributed by atoms with Crippen molar-refractivity contribution >= 4 is 11.9 Å². The third-order valence-corrected chi connectivity index (χ3v) is 5.37. The summed E-state index contributed by atoms with van der Waals surface area (Å²) in [5.41, 5.74) is -3.06. The molecular formula is C25H20F5NO4. The molecule has 184 valence electrons. The van der Waals surface area contributed by atoms with Crippen molar-refractivity contribution < 1.29 is 41.0 Å². The number of hydrogen-bond donors (Lipinski definition) is 1. The highest BCUT2D eigenvalue weighted by atomic mass is 19.4. The Morgan fingerprint density at radius 3 is 2.11 bits per heavy atom. The molecule has 1 amide bonds. The van der Waals surface area contributed by atoms with E-state index in [9.17, 15) is 31.5 Å². The Morgan fingerprint density at radius 2 is 1.51 bits per heavy atom. The topological polar surface area (TPSA) is 64.6 Å². The van der Waals surface area contributed by atoms with Crippen LogP contribution in [0.5, 0.6) is 5.75 Å². The number of hydrogen-bond acceptors (Lipinski definition) is 4. The quantitative estimate of drug-likeness (QED) is 0.305. The summed E-state index contributed by atoms with van der Waals surface area (Å²) in [7, 11) is 2.13. The van der Waals surface area contributed by atoms with Gasteiger partial charge in [0.25, 0.3) is 0 Å². The minimum atomic E-state index is -4.91. The standard InChI is InChI=1S/C25H20F5NO4/c1-34-21-13-16(8-9-20(21)27)24(31-22(32)23(33)35-2,14-15-6-4-3-5-7-15)17-10-18(25(28,29)30)12-19(26)11-17/h3-13H,14H2,1-2H3,(H,31,32)/t24-/m1/s1. The maximum Gasteiger partial charge on any atom is 0.416 e. The lowest BCUT2D eigenvalue weighted by Crippen LogP contribution is -2.51. The van der Waals surface area contributed by atoms with Gasteiger partial charge in [0, 0.05) is 6.42 Å². The van der Waals surface area contributed by atoms with Crippen molar-refractivity contribution in [2.24, 2.45) is 0 Å². The summed E-state index contributed by atoms with van der Waals surface area (Å²) in [6.45, 7) is 0. The lowest BCUT2D eigenvalue weighted by atomic mass is 9.77. The van der Waals surface area contributed by atoms with E-state index in [4.69, 9.17) is 4.74 Å². The first kappa shape index (κ1) is 25.7. The monoisotopic (exact) mass is 493 g/mol. The fraction of sp³-hybridized carbons (Fsp3) is 0.200. The Balaban J connectivity index is 2.38. The number of carbonyl (C=O) groups is 2. The van der Waals surface area contributed by atoms with E-state index in [0.717, 1.165) is 25.3 Å². The van der Waals surface area contributed by atoms with Crippen molar-refractivity contribution in [3.63, 3.8) is 0 Å². The van der Waals surface area contributed by atoms with E-state index in [2.05, 4.69) is 10.1 Å². The van der Waals surface area contributed by atoms with Crippen LogP contribution in [0.3, 0.4) is 0 Å². The van der Waals surface area contributed by atoms with Crippen LogP contribution in [0.2, 0.25) is 0 Å². The zero-order valence-electron chi connectivity index (χ0n) is 18.6. The summed E-state index contributed by atoms with van der Waals surface area (Å²) in [6.07, 6.45) is -5.14. The molecule has 1 N–H and O–H groups in total. The summed E-state index contributed by atoms with van der Waals surface area (Å²) < 4.78 is 79.0. The molecule has 5 nitrogen and oxygen atoms in total. The Labute approximate surface area is 197 Å². The van der Waals surface area contributed by atoms with Gasteiger partial charge in [0.1, 0.15) is 5.82 Å². The van der Waals surface area contributed by atoms with E-state index in [-0.39, 0.29) is 23.3 Å². The second-order valence-electron chi connectivity index (χ2n) is 7.59. The molecule has 0 bridgehead atoms. The number of esters is 1. The lowest BCUT2D eigenvalue weighted by Gasteiger charge is -2.36. The number of carbonyl (C=O) groups excluding carboxylic acids is 2. The van der Waals surface area contributed by atoms with Gasteiger partial charge in [0.15, 0.2) is 11.6 Å². The summed E-state index contributed by atoms with van der Waals surface area (Å²) in [6, 6.07) is 13.4. The zero-order chi connectivity index (χ0) is 25.8. The maximum absolute atomic E-state index is 14.5. The number of amides is 1. The van der Waals surface area contributed by atoms with Gasteiger partial charge in [0.05, 0.1) is 25.3 Å². The Kier molecular flexibility index (Phi) is 7.42. The van der Waals surface area contributed by atoms with Crippen LogP contribution >= 0.6 is 0 Å². The van der Waals surface area contributed by atoms with E-state index >= 15 is 0 Å². The van der Waals surface area contributed by atoms with Crippen molar-refractivity contribution in [3.8, 4) is 5.75 Å². The fourth-order valence-corrected chi connectivity index (χ4v) is 3.72. The first-order valence-electron chi connectivity index (χ1n) is 10.2. The fourth-order valence-electron chi connectivity index (χ4n) is 3.72. The van der Waals surface area contributed by atoms with Crippen LogP contribution in [-0.4, -0.2) is 26.1 Å². The highest BCUT2D eigenvalue weighted by Crippen LogP contribution is 2.39. The molecule has 0 spiro atoms. The van der Waals surface area contributed by atoms with Gasteiger partial charge in [-0.25, -0.2) is 13.6 Å². The van der Waals surface area contributed by atoms with E-state index in [0.29, 0.717) is 17.7 Å². The SMILES string of the molecule is COC(=O)C(=O)N[C@@](Cc1ccccc1)(c1cc(F)cc(C(F)(F)F)c1)c1ccc(F)c(OC)c1. The first-order valence-corrected chi connectivity index (χ1v) is 10.2. The molecule has 0 aliphatic rings. The van der Waals surface area contributed by atoms with E-state index in [1.165, 1.54) is 13.2 Å². The third-order valence-electron chi connectivity index (χ3n) is 5.37. The van der Waals surface area contributed by atoms with Gasteiger partial charge < -0.3 is 14.8 Å². The van der Waals surface area contributed by atoms with Gasteiger partial charge in [0.2, 0.25) is 0 Å². The molecule has 35 heavy (non-hydrogen) atoms. The van der Waals surface area contributed by atoms with Crippen LogP contribution in [0, 0.1) is 11.6 Å². The average Bonchev–Trinajstić information content (AvgIpc) is 2.83. The zero-order valence-corrected chi connectivity index (χ0v) is 18.6. The number of rotatable bonds is 6. The summed E-state index contributed by atoms with van der Waals surface area (Å²) in [5.74, 6) is -4.92.